The number of carboxylic acid groups (broad SMARTS) is 1. The lowest BCUT2D eigenvalue weighted by molar-refractivity contribution is -0.159. The standard InChI is InChI=1S/C12H21NO3/c1-5-9-7-6-8(2)13(9)10(14)12(3,4)11(15)16/h8-9H,5-7H2,1-4H3,(H,15,16). The van der Waals surface area contributed by atoms with Gasteiger partial charge in [0.25, 0.3) is 0 Å². The molecule has 16 heavy (non-hydrogen) atoms. The van der Waals surface area contributed by atoms with Gasteiger partial charge in [0.05, 0.1) is 0 Å². The summed E-state index contributed by atoms with van der Waals surface area (Å²) in [6, 6.07) is 0.372. The van der Waals surface area contributed by atoms with Crippen molar-refractivity contribution in [3.63, 3.8) is 0 Å². The van der Waals surface area contributed by atoms with Crippen LogP contribution in [0.4, 0.5) is 0 Å². The lowest BCUT2D eigenvalue weighted by Gasteiger charge is -2.33. The molecule has 1 N–H and O–H groups in total. The van der Waals surface area contributed by atoms with Gasteiger partial charge in [-0.3, -0.25) is 9.59 Å². The van der Waals surface area contributed by atoms with Crippen LogP contribution >= 0.6 is 0 Å². The quantitative estimate of drug-likeness (QED) is 0.749. The molecule has 0 radical (unpaired) electrons. The second-order valence-electron chi connectivity index (χ2n) is 5.13. The minimum absolute atomic E-state index is 0.163. The van der Waals surface area contributed by atoms with E-state index in [4.69, 9.17) is 5.11 Å². The van der Waals surface area contributed by atoms with Crippen molar-refractivity contribution in [2.24, 2.45) is 5.41 Å². The molecule has 1 amide bonds. The maximum absolute atomic E-state index is 12.2. The van der Waals surface area contributed by atoms with Crippen LogP contribution in [-0.4, -0.2) is 34.0 Å². The highest BCUT2D eigenvalue weighted by Gasteiger charge is 2.44. The highest BCUT2D eigenvalue weighted by Crippen LogP contribution is 2.31. The average molecular weight is 227 g/mol. The molecule has 0 spiro atoms. The SMILES string of the molecule is CCC1CCC(C)N1C(=O)C(C)(C)C(=O)O. The van der Waals surface area contributed by atoms with Crippen LogP contribution in [0.2, 0.25) is 0 Å². The number of rotatable bonds is 3. The second kappa shape index (κ2) is 4.44. The van der Waals surface area contributed by atoms with Gasteiger partial charge in [-0.25, -0.2) is 0 Å². The number of likely N-dealkylation sites (tertiary alicyclic amines) is 1. The fraction of sp³-hybridized carbons (Fsp3) is 0.833. The fourth-order valence-electron chi connectivity index (χ4n) is 2.25. The number of hydrogen-bond acceptors (Lipinski definition) is 2. The Morgan fingerprint density at radius 3 is 2.38 bits per heavy atom. The molecule has 2 unspecified atom stereocenters. The summed E-state index contributed by atoms with van der Waals surface area (Å²) >= 11 is 0. The van der Waals surface area contributed by atoms with Gasteiger partial charge in [-0.1, -0.05) is 6.92 Å². The monoisotopic (exact) mass is 227 g/mol. The summed E-state index contributed by atoms with van der Waals surface area (Å²) in [7, 11) is 0. The summed E-state index contributed by atoms with van der Waals surface area (Å²) in [5.74, 6) is -1.30. The van der Waals surface area contributed by atoms with Gasteiger partial charge in [0.2, 0.25) is 5.91 Å². The van der Waals surface area contributed by atoms with Crippen molar-refractivity contribution in [2.75, 3.05) is 0 Å². The minimum Gasteiger partial charge on any atom is -0.480 e. The van der Waals surface area contributed by atoms with E-state index in [1.165, 1.54) is 13.8 Å². The number of carbonyl (C=O) groups excluding carboxylic acids is 1. The number of carbonyl (C=O) groups is 2. The maximum atomic E-state index is 12.2. The van der Waals surface area contributed by atoms with Gasteiger partial charge in [0, 0.05) is 12.1 Å². The van der Waals surface area contributed by atoms with Crippen molar-refractivity contribution in [1.82, 2.24) is 4.90 Å². The Labute approximate surface area is 96.6 Å². The van der Waals surface area contributed by atoms with E-state index in [1.54, 1.807) is 4.90 Å². The number of hydrogen-bond donors (Lipinski definition) is 1. The van der Waals surface area contributed by atoms with E-state index in [9.17, 15) is 9.59 Å². The molecule has 92 valence electrons. The predicted molar refractivity (Wildman–Crippen MR) is 61.0 cm³/mol. The first-order chi connectivity index (χ1) is 7.32. The first-order valence-electron chi connectivity index (χ1n) is 5.88. The van der Waals surface area contributed by atoms with Crippen molar-refractivity contribution >= 4 is 11.9 Å². The molecule has 1 aliphatic rings. The molecule has 1 aliphatic heterocycles. The van der Waals surface area contributed by atoms with Gasteiger partial charge in [0.1, 0.15) is 5.41 Å². The second-order valence-corrected chi connectivity index (χ2v) is 5.13. The third-order valence-corrected chi connectivity index (χ3v) is 3.56. The predicted octanol–water partition coefficient (Wildman–Crippen LogP) is 1.89. The summed E-state index contributed by atoms with van der Waals surface area (Å²) in [4.78, 5) is 25.1. The number of carboxylic acids is 1. The van der Waals surface area contributed by atoms with Crippen molar-refractivity contribution in [3.05, 3.63) is 0 Å². The van der Waals surface area contributed by atoms with Crippen LogP contribution in [0.25, 0.3) is 0 Å². The van der Waals surface area contributed by atoms with E-state index in [0.717, 1.165) is 19.3 Å². The molecule has 0 aromatic heterocycles. The van der Waals surface area contributed by atoms with Crippen LogP contribution in [0.5, 0.6) is 0 Å². The summed E-state index contributed by atoms with van der Waals surface area (Å²) in [5.41, 5.74) is -1.31. The minimum atomic E-state index is -1.31. The van der Waals surface area contributed by atoms with Gasteiger partial charge in [-0.2, -0.15) is 0 Å². The molecule has 2 atom stereocenters. The average Bonchev–Trinajstić information content (AvgIpc) is 2.57. The van der Waals surface area contributed by atoms with Gasteiger partial charge in [-0.05, 0) is 40.0 Å². The first-order valence-corrected chi connectivity index (χ1v) is 5.88. The normalized spacial score (nSPS) is 25.9. The molecule has 1 fully saturated rings. The molecule has 0 bridgehead atoms. The van der Waals surface area contributed by atoms with Crippen molar-refractivity contribution < 1.29 is 14.7 Å². The van der Waals surface area contributed by atoms with E-state index in [1.807, 2.05) is 13.8 Å². The Balaban J connectivity index is 2.91. The summed E-state index contributed by atoms with van der Waals surface area (Å²) in [6.45, 7) is 6.99. The molecule has 4 heteroatoms. The third kappa shape index (κ3) is 2.06. The molecule has 0 aliphatic carbocycles. The van der Waals surface area contributed by atoms with Crippen LogP contribution in [0.15, 0.2) is 0 Å². The van der Waals surface area contributed by atoms with Gasteiger partial charge in [-0.15, -0.1) is 0 Å². The molecular formula is C12H21NO3. The summed E-state index contributed by atoms with van der Waals surface area (Å²) < 4.78 is 0. The molecule has 1 heterocycles. The van der Waals surface area contributed by atoms with Crippen LogP contribution in [-0.2, 0) is 9.59 Å². The van der Waals surface area contributed by atoms with Crippen LogP contribution in [0.1, 0.15) is 47.0 Å². The van der Waals surface area contributed by atoms with E-state index in [-0.39, 0.29) is 18.0 Å². The topological polar surface area (TPSA) is 57.6 Å². The molecule has 0 aromatic carbocycles. The summed E-state index contributed by atoms with van der Waals surface area (Å²) in [6.07, 6.45) is 2.85. The smallest absolute Gasteiger partial charge is 0.318 e. The maximum Gasteiger partial charge on any atom is 0.318 e. The zero-order valence-corrected chi connectivity index (χ0v) is 10.5. The first kappa shape index (κ1) is 13.0. The Bertz CT molecular complexity index is 299. The van der Waals surface area contributed by atoms with E-state index < -0.39 is 11.4 Å². The zero-order chi connectivity index (χ0) is 12.5. The van der Waals surface area contributed by atoms with Crippen molar-refractivity contribution in [2.45, 2.75) is 59.0 Å². The highest BCUT2D eigenvalue weighted by molar-refractivity contribution is 6.01. The van der Waals surface area contributed by atoms with Crippen LogP contribution in [0, 0.1) is 5.41 Å². The molecule has 4 nitrogen and oxygen atoms in total. The lowest BCUT2D eigenvalue weighted by atomic mass is 9.91. The Morgan fingerprint density at radius 2 is 1.94 bits per heavy atom. The van der Waals surface area contributed by atoms with Crippen LogP contribution < -0.4 is 0 Å². The van der Waals surface area contributed by atoms with Gasteiger partial charge >= 0.3 is 5.97 Å². The number of amides is 1. The molecule has 1 saturated heterocycles. The van der Waals surface area contributed by atoms with E-state index in [2.05, 4.69) is 0 Å². The Kier molecular flexibility index (Phi) is 3.61. The Hall–Kier alpha value is -1.06. The third-order valence-electron chi connectivity index (χ3n) is 3.56. The van der Waals surface area contributed by atoms with Crippen molar-refractivity contribution in [1.29, 1.82) is 0 Å². The lowest BCUT2D eigenvalue weighted by Crippen LogP contribution is -2.49. The highest BCUT2D eigenvalue weighted by atomic mass is 16.4. The van der Waals surface area contributed by atoms with E-state index >= 15 is 0 Å². The molecular weight excluding hydrogens is 206 g/mol. The number of aliphatic carboxylic acids is 1. The summed E-state index contributed by atoms with van der Waals surface area (Å²) in [5, 5.41) is 9.07. The van der Waals surface area contributed by atoms with Crippen LogP contribution in [0.3, 0.4) is 0 Å². The number of nitrogens with zero attached hydrogens (tertiary/aromatic N) is 1. The largest absolute Gasteiger partial charge is 0.480 e. The van der Waals surface area contributed by atoms with Gasteiger partial charge < -0.3 is 10.0 Å². The molecule has 0 saturated carbocycles. The van der Waals surface area contributed by atoms with E-state index in [0.29, 0.717) is 0 Å². The van der Waals surface area contributed by atoms with Gasteiger partial charge in [0.15, 0.2) is 0 Å². The zero-order valence-electron chi connectivity index (χ0n) is 10.5. The van der Waals surface area contributed by atoms with Crippen molar-refractivity contribution in [3.8, 4) is 0 Å². The Morgan fingerprint density at radius 1 is 1.38 bits per heavy atom. The fourth-order valence-corrected chi connectivity index (χ4v) is 2.25. The molecule has 1 rings (SSSR count). The molecule has 0 aromatic rings.